The SMILES string of the molecule is CN(Cc1csc(Br)c1)c1nc(NN)ncc1Cl. The van der Waals surface area contributed by atoms with Gasteiger partial charge in [-0.2, -0.15) is 4.98 Å². The van der Waals surface area contributed by atoms with Crippen molar-refractivity contribution >= 4 is 50.6 Å². The number of nitrogen functional groups attached to an aromatic ring is 1. The Labute approximate surface area is 122 Å². The Balaban J connectivity index is 2.20. The average Bonchev–Trinajstić information content (AvgIpc) is 2.75. The molecule has 2 rings (SSSR count). The van der Waals surface area contributed by atoms with E-state index in [2.05, 4.69) is 42.8 Å². The quantitative estimate of drug-likeness (QED) is 0.657. The first-order valence-corrected chi connectivity index (χ1v) is 7.08. The molecule has 0 saturated carbocycles. The largest absolute Gasteiger partial charge is 0.354 e. The number of nitrogens with zero attached hydrogens (tertiary/aromatic N) is 3. The minimum Gasteiger partial charge on any atom is -0.354 e. The van der Waals surface area contributed by atoms with E-state index in [0.717, 1.165) is 3.79 Å². The molecule has 8 heteroatoms. The molecule has 0 radical (unpaired) electrons. The van der Waals surface area contributed by atoms with Crippen molar-refractivity contribution in [2.24, 2.45) is 5.84 Å². The summed E-state index contributed by atoms with van der Waals surface area (Å²) in [5.41, 5.74) is 3.59. The van der Waals surface area contributed by atoms with E-state index in [1.165, 1.54) is 11.8 Å². The maximum Gasteiger partial charge on any atom is 0.239 e. The number of hydrogen-bond donors (Lipinski definition) is 2. The maximum absolute atomic E-state index is 6.08. The van der Waals surface area contributed by atoms with Crippen molar-refractivity contribution in [2.75, 3.05) is 17.4 Å². The Morgan fingerprint density at radius 3 is 3.00 bits per heavy atom. The second-order valence-corrected chi connectivity index (χ2v) is 6.32. The van der Waals surface area contributed by atoms with E-state index in [1.54, 1.807) is 11.3 Å². The Hall–Kier alpha value is -0.890. The fraction of sp³-hybridized carbons (Fsp3) is 0.200. The number of rotatable bonds is 4. The smallest absolute Gasteiger partial charge is 0.239 e. The number of nitrogens with two attached hydrogens (primary N) is 1. The topological polar surface area (TPSA) is 67.1 Å². The summed E-state index contributed by atoms with van der Waals surface area (Å²) in [4.78, 5) is 10.1. The van der Waals surface area contributed by atoms with E-state index in [-0.39, 0.29) is 0 Å². The zero-order chi connectivity index (χ0) is 13.1. The summed E-state index contributed by atoms with van der Waals surface area (Å²) < 4.78 is 1.10. The van der Waals surface area contributed by atoms with Crippen molar-refractivity contribution in [1.29, 1.82) is 0 Å². The Bertz CT molecular complexity index is 547. The number of nitrogens with one attached hydrogen (secondary N) is 1. The third-order valence-corrected chi connectivity index (χ3v) is 4.08. The van der Waals surface area contributed by atoms with E-state index < -0.39 is 0 Å². The highest BCUT2D eigenvalue weighted by Gasteiger charge is 2.11. The van der Waals surface area contributed by atoms with Crippen molar-refractivity contribution < 1.29 is 0 Å². The van der Waals surface area contributed by atoms with E-state index in [4.69, 9.17) is 17.4 Å². The highest BCUT2D eigenvalue weighted by Crippen LogP contribution is 2.26. The molecule has 2 heterocycles. The van der Waals surface area contributed by atoms with E-state index in [1.807, 2.05) is 11.9 Å². The molecule has 0 aliphatic heterocycles. The summed E-state index contributed by atoms with van der Waals surface area (Å²) in [6.45, 7) is 0.711. The molecule has 0 fully saturated rings. The lowest BCUT2D eigenvalue weighted by Gasteiger charge is -2.18. The first-order chi connectivity index (χ1) is 8.60. The summed E-state index contributed by atoms with van der Waals surface area (Å²) in [6, 6.07) is 2.07. The number of aromatic nitrogens is 2. The fourth-order valence-electron chi connectivity index (χ4n) is 1.47. The molecule has 0 aromatic carbocycles. The maximum atomic E-state index is 6.08. The van der Waals surface area contributed by atoms with Crippen molar-refractivity contribution in [3.63, 3.8) is 0 Å². The molecule has 96 valence electrons. The van der Waals surface area contributed by atoms with E-state index in [9.17, 15) is 0 Å². The number of thiophene rings is 1. The molecule has 2 aromatic rings. The number of anilines is 2. The van der Waals surface area contributed by atoms with Crippen LogP contribution in [0.3, 0.4) is 0 Å². The van der Waals surface area contributed by atoms with Crippen LogP contribution in [-0.2, 0) is 6.54 Å². The van der Waals surface area contributed by atoms with Gasteiger partial charge in [0.2, 0.25) is 5.95 Å². The molecular formula is C10H11BrClN5S. The lowest BCUT2D eigenvalue weighted by molar-refractivity contribution is 0.894. The van der Waals surface area contributed by atoms with E-state index in [0.29, 0.717) is 23.3 Å². The van der Waals surface area contributed by atoms with Crippen LogP contribution in [0.2, 0.25) is 5.02 Å². The molecule has 0 amide bonds. The van der Waals surface area contributed by atoms with Crippen LogP contribution >= 0.6 is 38.9 Å². The molecule has 2 aromatic heterocycles. The van der Waals surface area contributed by atoms with Crippen LogP contribution in [0.1, 0.15) is 5.56 Å². The Morgan fingerprint density at radius 1 is 1.61 bits per heavy atom. The van der Waals surface area contributed by atoms with Gasteiger partial charge in [-0.1, -0.05) is 11.6 Å². The number of hydrazine groups is 1. The minimum absolute atomic E-state index is 0.341. The van der Waals surface area contributed by atoms with Gasteiger partial charge in [0.15, 0.2) is 5.82 Å². The lowest BCUT2D eigenvalue weighted by atomic mass is 10.3. The predicted octanol–water partition coefficient (Wildman–Crippen LogP) is 2.88. The van der Waals surface area contributed by atoms with Crippen LogP contribution in [-0.4, -0.2) is 17.0 Å². The van der Waals surface area contributed by atoms with Crippen LogP contribution in [0, 0.1) is 0 Å². The molecule has 18 heavy (non-hydrogen) atoms. The van der Waals surface area contributed by atoms with Gasteiger partial charge in [0.1, 0.15) is 5.02 Å². The normalized spacial score (nSPS) is 10.4. The summed E-state index contributed by atoms with van der Waals surface area (Å²) in [5.74, 6) is 6.26. The third kappa shape index (κ3) is 3.11. The van der Waals surface area contributed by atoms with Crippen LogP contribution in [0.15, 0.2) is 21.4 Å². The van der Waals surface area contributed by atoms with Crippen LogP contribution in [0.25, 0.3) is 0 Å². The second kappa shape index (κ2) is 5.83. The fourth-order valence-corrected chi connectivity index (χ4v) is 2.91. The van der Waals surface area contributed by atoms with Gasteiger partial charge in [-0.05, 0) is 32.9 Å². The molecule has 0 aliphatic carbocycles. The molecule has 0 atom stereocenters. The summed E-state index contributed by atoms with van der Waals surface area (Å²) >= 11 is 11.2. The van der Waals surface area contributed by atoms with Gasteiger partial charge in [-0.15, -0.1) is 11.3 Å². The summed E-state index contributed by atoms with van der Waals surface area (Å²) in [6.07, 6.45) is 1.53. The lowest BCUT2D eigenvalue weighted by Crippen LogP contribution is -2.19. The molecule has 0 aliphatic rings. The monoisotopic (exact) mass is 347 g/mol. The highest BCUT2D eigenvalue weighted by atomic mass is 79.9. The van der Waals surface area contributed by atoms with Gasteiger partial charge in [-0.3, -0.25) is 5.43 Å². The second-order valence-electron chi connectivity index (χ2n) is 3.62. The van der Waals surface area contributed by atoms with Crippen molar-refractivity contribution in [3.8, 4) is 0 Å². The van der Waals surface area contributed by atoms with Gasteiger partial charge in [-0.25, -0.2) is 10.8 Å². The van der Waals surface area contributed by atoms with Gasteiger partial charge in [0, 0.05) is 13.6 Å². The average molecular weight is 349 g/mol. The Morgan fingerprint density at radius 2 is 2.39 bits per heavy atom. The standard InChI is InChI=1S/C10H11BrClN5S/c1-17(4-6-2-8(11)18-5-6)9-7(12)3-14-10(15-9)16-13/h2-3,5H,4,13H2,1H3,(H,14,15,16). The highest BCUT2D eigenvalue weighted by molar-refractivity contribution is 9.11. The number of halogens is 2. The van der Waals surface area contributed by atoms with Crippen molar-refractivity contribution in [2.45, 2.75) is 6.54 Å². The van der Waals surface area contributed by atoms with Gasteiger partial charge >= 0.3 is 0 Å². The first kappa shape index (κ1) is 13.5. The van der Waals surface area contributed by atoms with Gasteiger partial charge < -0.3 is 4.90 Å². The molecule has 0 saturated heterocycles. The van der Waals surface area contributed by atoms with Crippen molar-refractivity contribution in [1.82, 2.24) is 9.97 Å². The molecule has 5 nitrogen and oxygen atoms in total. The summed E-state index contributed by atoms with van der Waals surface area (Å²) in [5, 5.41) is 2.57. The molecular weight excluding hydrogens is 338 g/mol. The third-order valence-electron chi connectivity index (χ3n) is 2.26. The molecule has 3 N–H and O–H groups in total. The van der Waals surface area contributed by atoms with Gasteiger partial charge in [0.05, 0.1) is 9.98 Å². The first-order valence-electron chi connectivity index (χ1n) is 5.03. The molecule has 0 unspecified atom stereocenters. The van der Waals surface area contributed by atoms with Gasteiger partial charge in [0.25, 0.3) is 0 Å². The number of hydrogen-bond acceptors (Lipinski definition) is 6. The van der Waals surface area contributed by atoms with Crippen LogP contribution < -0.4 is 16.2 Å². The zero-order valence-electron chi connectivity index (χ0n) is 9.52. The zero-order valence-corrected chi connectivity index (χ0v) is 12.7. The summed E-state index contributed by atoms with van der Waals surface area (Å²) in [7, 11) is 1.92. The molecule has 0 bridgehead atoms. The van der Waals surface area contributed by atoms with Crippen LogP contribution in [0.4, 0.5) is 11.8 Å². The minimum atomic E-state index is 0.341. The molecule has 0 spiro atoms. The van der Waals surface area contributed by atoms with Crippen molar-refractivity contribution in [3.05, 3.63) is 32.0 Å². The van der Waals surface area contributed by atoms with E-state index >= 15 is 0 Å². The Kier molecular flexibility index (Phi) is 4.39. The predicted molar refractivity (Wildman–Crippen MR) is 79.0 cm³/mol. The van der Waals surface area contributed by atoms with Crippen LogP contribution in [0.5, 0.6) is 0 Å².